The van der Waals surface area contributed by atoms with Gasteiger partial charge in [0.05, 0.1) is 0 Å². The summed E-state index contributed by atoms with van der Waals surface area (Å²) in [5, 5.41) is 0. The highest BCUT2D eigenvalue weighted by Gasteiger charge is 2.57. The second-order valence-electron chi connectivity index (χ2n) is 13.3. The van der Waals surface area contributed by atoms with Crippen LogP contribution in [0.25, 0.3) is 0 Å². The van der Waals surface area contributed by atoms with Gasteiger partial charge in [-0.05, 0) is 262 Å². The lowest BCUT2D eigenvalue weighted by molar-refractivity contribution is 3.19. The van der Waals surface area contributed by atoms with Crippen molar-refractivity contribution in [1.82, 2.24) is 0 Å². The molecule has 48 heavy (non-hydrogen) atoms. The summed E-state index contributed by atoms with van der Waals surface area (Å²) in [6.45, 7) is 0. The molecular weight excluding hydrogens is 519 g/mol. The number of hydrogen-bond donors (Lipinski definition) is 0. The van der Waals surface area contributed by atoms with Crippen molar-refractivity contribution in [3.05, 3.63) is 0 Å². The van der Waals surface area contributed by atoms with Crippen LogP contribution in [0.3, 0.4) is 0 Å². The predicted molar refractivity (Wildman–Crippen MR) is 276 cm³/mol. The first-order chi connectivity index (χ1) is 21.8. The first kappa shape index (κ1) is 51.1. The molecule has 0 bridgehead atoms. The molecule has 150 valence electrons. The Bertz CT molecular complexity index is 695. The molecule has 0 amide bonds. The van der Waals surface area contributed by atoms with Crippen molar-refractivity contribution >= 4 is 340 Å². The molecule has 0 aromatic carbocycles. The summed E-state index contributed by atoms with van der Waals surface area (Å²) >= 11 is 0. The summed E-state index contributed by atoms with van der Waals surface area (Å²) in [7, 11) is 160. The van der Waals surface area contributed by atoms with Crippen molar-refractivity contribution in [3.63, 3.8) is 0 Å². The minimum Gasteiger partial charge on any atom is -0.729 e. The van der Waals surface area contributed by atoms with E-state index in [2.05, 4.69) is 0 Å². The Labute approximate surface area is 337 Å². The minimum atomic E-state index is -1.34. The predicted octanol–water partition coefficient (Wildman–Crippen LogP) is -18.3. The molecule has 0 aliphatic rings. The molecule has 0 aliphatic heterocycles. The quantitative estimate of drug-likeness (QED) is 0.125. The monoisotopic (exact) mass is 528 g/mol. The second-order valence-corrected chi connectivity index (χ2v) is 13.3. The summed E-state index contributed by atoms with van der Waals surface area (Å²) in [5.74, 6) is 0. The molecule has 0 fully saturated rings. The van der Waals surface area contributed by atoms with Gasteiger partial charge in [-0.15, -0.1) is 6.39 Å². The smallest absolute Gasteiger partial charge is 0.000000000000323 e. The highest BCUT2D eigenvalue weighted by molar-refractivity contribution is 8.35. The third-order valence-corrected chi connectivity index (χ3v) is 9.78. The average molecular weight is 519 g/mol. The lowest BCUT2D eigenvalue weighted by Gasteiger charge is -2.67. The van der Waals surface area contributed by atoms with Crippen LogP contribution >= 0.6 is 0 Å². The summed E-state index contributed by atoms with van der Waals surface area (Å²) < 4.78 is 0. The van der Waals surface area contributed by atoms with Crippen LogP contribution < -0.4 is 0 Å². The fourth-order valence-electron chi connectivity index (χ4n) is 7.95. The topological polar surface area (TPSA) is 0 Å². The average Bonchev–Trinajstić information content (AvgIpc) is 2.86. The van der Waals surface area contributed by atoms with Gasteiger partial charge in [0, 0.05) is 0 Å². The molecule has 0 spiro atoms. The van der Waals surface area contributed by atoms with Gasteiger partial charge in [-0.1, -0.05) is 6.39 Å². The Balaban J connectivity index is 9.31. The fraction of sp³-hybridized carbons (Fsp3) is 0. The van der Waals surface area contributed by atoms with E-state index in [1.807, 2.05) is 0 Å². The third kappa shape index (κ3) is 13.7. The van der Waals surface area contributed by atoms with Gasteiger partial charge < -0.3 is 65.6 Å². The van der Waals surface area contributed by atoms with Crippen molar-refractivity contribution in [2.24, 2.45) is 0 Å². The normalized spacial score (nSPS) is 9.79. The van der Waals surface area contributed by atoms with Gasteiger partial charge in [0.1, 0.15) is 0 Å². The van der Waals surface area contributed by atoms with E-state index in [-0.39, 0.29) is 0 Å². The van der Waals surface area contributed by atoms with Gasteiger partial charge >= 0.3 is 0 Å². The van der Waals surface area contributed by atoms with E-state index in [0.717, 1.165) is 0 Å². The Hall–Kier alpha value is 3.12. The Morgan fingerprint density at radius 1 is 0.188 bits per heavy atom. The highest BCUT2D eigenvalue weighted by atomic mass is 13.4. The molecule has 0 nitrogen and oxygen atoms in total. The Kier molecular flexibility index (Phi) is 24.8. The maximum atomic E-state index is 6.65. The van der Waals surface area contributed by atoms with Crippen LogP contribution in [0.1, 0.15) is 0 Å². The van der Waals surface area contributed by atoms with Gasteiger partial charge in [0.25, 0.3) is 0 Å². The fourth-order valence-corrected chi connectivity index (χ4v) is 7.95. The maximum absolute atomic E-state index is 6.65. The van der Waals surface area contributed by atoms with Crippen LogP contribution in [0.15, 0.2) is 0 Å². The van der Waals surface area contributed by atoms with Gasteiger partial charge in [-0.25, -0.2) is 0 Å². The van der Waals surface area contributed by atoms with Crippen molar-refractivity contribution in [2.45, 2.75) is 0 Å². The first-order valence-corrected chi connectivity index (χ1v) is 15.7. The van der Waals surface area contributed by atoms with Gasteiger partial charge in [-0.2, -0.15) is 0 Å². The standard InChI is InChI=1S/B48/c1-26(2)38(25)44(37(23)24)47(43(35(19)20)36(21)22)48(45(39(27(3)4)28(5)6)40(29(7)8)30(9)10)46(41(31(11)12)32(13)14)42(33(15)16)34(17)18/q-6. The molecule has 0 saturated heterocycles. The molecular formula is B48-6. The summed E-state index contributed by atoms with van der Waals surface area (Å²) in [6, 6.07) is 0. The SMILES string of the molecule is [B]B([B])B(B([B])[B])B(B(B([B])[B])B([B])[B])B(B(B(B([B])[B])B([B])[B])B(B([B-])[B-])B([B-])[B-])B(B(B([B])[B])B([B])[B])B(B([B])[B])B([B])B([B-])[B-]. The molecule has 0 saturated carbocycles. The molecule has 0 aromatic rings. The van der Waals surface area contributed by atoms with E-state index in [4.69, 9.17) is 193 Å². The molecule has 0 aliphatic carbocycles. The van der Waals surface area contributed by atoms with Crippen LogP contribution in [-0.4, -0.2) is 340 Å². The van der Waals surface area contributed by atoms with Crippen LogP contribution in [0.2, 0.25) is 0 Å². The summed E-state index contributed by atoms with van der Waals surface area (Å²) in [6.07, 6.45) is -29.1. The molecule has 0 heterocycles. The van der Waals surface area contributed by atoms with E-state index in [9.17, 15) is 0 Å². The molecule has 0 N–H and O–H groups in total. The molecule has 0 rings (SSSR count). The number of rotatable bonds is 22. The third-order valence-electron chi connectivity index (χ3n) is 9.78. The van der Waals surface area contributed by atoms with Gasteiger partial charge in [0.15, 0.2) is 0 Å². The summed E-state index contributed by atoms with van der Waals surface area (Å²) in [4.78, 5) is 0. The molecule has 56 radical (unpaired) electrons. The van der Waals surface area contributed by atoms with Crippen molar-refractivity contribution < 1.29 is 0 Å². The zero-order valence-corrected chi connectivity index (χ0v) is 27.7. The maximum Gasteiger partial charge on any atom is -0.000000000000323 e. The van der Waals surface area contributed by atoms with Gasteiger partial charge in [0.2, 0.25) is 0 Å². The van der Waals surface area contributed by atoms with E-state index < -0.39 is 147 Å². The Morgan fingerprint density at radius 3 is 0.521 bits per heavy atom. The van der Waals surface area contributed by atoms with E-state index in [0.29, 0.717) is 0 Å². The zero-order valence-electron chi connectivity index (χ0n) is 27.7. The van der Waals surface area contributed by atoms with Crippen molar-refractivity contribution in [1.29, 1.82) is 0 Å². The van der Waals surface area contributed by atoms with Crippen molar-refractivity contribution in [2.75, 3.05) is 0 Å². The second kappa shape index (κ2) is 23.2. The number of hydrogen-bond acceptors (Lipinski definition) is 0. The van der Waals surface area contributed by atoms with E-state index in [1.165, 1.54) is 0 Å². The lowest BCUT2D eigenvalue weighted by atomic mass is 8.25. The van der Waals surface area contributed by atoms with Crippen LogP contribution in [0, 0.1) is 0 Å². The zero-order chi connectivity index (χ0) is 38.3. The molecule has 48 heteroatoms. The largest absolute Gasteiger partial charge is 0.729 e. The van der Waals surface area contributed by atoms with Crippen LogP contribution in [0.4, 0.5) is 0 Å². The lowest BCUT2D eigenvalue weighted by Crippen LogP contribution is -2.94. The summed E-state index contributed by atoms with van der Waals surface area (Å²) in [5.41, 5.74) is 0. The highest BCUT2D eigenvalue weighted by Crippen LogP contribution is 2.21. The van der Waals surface area contributed by atoms with E-state index >= 15 is 0 Å². The molecule has 0 aromatic heterocycles. The van der Waals surface area contributed by atoms with Gasteiger partial charge in [-0.3, -0.25) is 0 Å². The van der Waals surface area contributed by atoms with E-state index in [1.54, 1.807) is 0 Å². The van der Waals surface area contributed by atoms with Crippen LogP contribution in [-0.2, 0) is 0 Å². The minimum absolute atomic E-state index is 1.18. The molecule has 0 atom stereocenters. The first-order valence-electron chi connectivity index (χ1n) is 15.7. The van der Waals surface area contributed by atoms with Crippen molar-refractivity contribution in [3.8, 4) is 0 Å². The van der Waals surface area contributed by atoms with Crippen LogP contribution in [0.5, 0.6) is 0 Å². The Morgan fingerprint density at radius 2 is 0.354 bits per heavy atom. The molecule has 0 unspecified atom stereocenters.